The van der Waals surface area contributed by atoms with Crippen LogP contribution in [0.25, 0.3) is 0 Å². The van der Waals surface area contributed by atoms with E-state index in [2.05, 4.69) is 26.1 Å². The Kier molecular flexibility index (Phi) is 6.27. The molecule has 0 aliphatic carbocycles. The van der Waals surface area contributed by atoms with Crippen LogP contribution in [0.15, 0.2) is 18.2 Å². The maximum atomic E-state index is 13.3. The molecule has 102 valence electrons. The molecule has 1 aromatic rings. The molecule has 0 fully saturated rings. The lowest BCUT2D eigenvalue weighted by Gasteiger charge is -2.22. The van der Waals surface area contributed by atoms with E-state index in [0.29, 0.717) is 5.92 Å². The smallest absolute Gasteiger partial charge is 0.159 e. The normalized spacial score (nSPS) is 14.5. The van der Waals surface area contributed by atoms with E-state index >= 15 is 0 Å². The van der Waals surface area contributed by atoms with E-state index in [1.54, 1.807) is 6.07 Å². The highest BCUT2D eigenvalue weighted by molar-refractivity contribution is 5.21. The average molecular weight is 255 g/mol. The molecule has 1 rings (SSSR count). The van der Waals surface area contributed by atoms with Crippen LogP contribution in [0.2, 0.25) is 0 Å². The molecular formula is C15H23F2N. The monoisotopic (exact) mass is 255 g/mol. The molecule has 1 nitrogen and oxygen atoms in total. The first-order chi connectivity index (χ1) is 8.58. The highest BCUT2D eigenvalue weighted by Crippen LogP contribution is 2.24. The highest BCUT2D eigenvalue weighted by Gasteiger charge is 2.15. The van der Waals surface area contributed by atoms with Gasteiger partial charge in [-0.05, 0) is 43.0 Å². The molecule has 2 unspecified atom stereocenters. The molecule has 1 aromatic carbocycles. The minimum atomic E-state index is -0.781. The Morgan fingerprint density at radius 1 is 1.17 bits per heavy atom. The first-order valence-corrected chi connectivity index (χ1v) is 6.76. The van der Waals surface area contributed by atoms with Crippen molar-refractivity contribution in [2.24, 2.45) is 5.92 Å². The second kappa shape index (κ2) is 7.47. The Morgan fingerprint density at radius 2 is 1.89 bits per heavy atom. The van der Waals surface area contributed by atoms with Crippen LogP contribution in [0.3, 0.4) is 0 Å². The fourth-order valence-corrected chi connectivity index (χ4v) is 1.95. The Hall–Kier alpha value is -0.960. The van der Waals surface area contributed by atoms with Crippen LogP contribution in [0.4, 0.5) is 8.78 Å². The molecule has 0 heterocycles. The standard InChI is InChI=1S/C15H23F2N/c1-4-8-18-15(9-11(3)5-2)12-6-7-13(16)14(17)10-12/h6-7,10-11,15,18H,4-5,8-9H2,1-3H3. The average Bonchev–Trinajstić information content (AvgIpc) is 2.37. The quantitative estimate of drug-likeness (QED) is 0.759. The van der Waals surface area contributed by atoms with Gasteiger partial charge in [-0.2, -0.15) is 0 Å². The summed E-state index contributed by atoms with van der Waals surface area (Å²) < 4.78 is 26.2. The van der Waals surface area contributed by atoms with Gasteiger partial charge in [0.15, 0.2) is 11.6 Å². The zero-order valence-electron chi connectivity index (χ0n) is 11.5. The van der Waals surface area contributed by atoms with Crippen LogP contribution in [0.1, 0.15) is 51.6 Å². The highest BCUT2D eigenvalue weighted by atomic mass is 19.2. The van der Waals surface area contributed by atoms with Crippen LogP contribution < -0.4 is 5.32 Å². The van der Waals surface area contributed by atoms with Gasteiger partial charge in [-0.25, -0.2) is 8.78 Å². The fourth-order valence-electron chi connectivity index (χ4n) is 1.95. The maximum Gasteiger partial charge on any atom is 0.159 e. The van der Waals surface area contributed by atoms with Gasteiger partial charge < -0.3 is 5.32 Å². The molecule has 0 amide bonds. The number of hydrogen-bond donors (Lipinski definition) is 1. The SMILES string of the molecule is CCCNC(CC(C)CC)c1ccc(F)c(F)c1. The van der Waals surface area contributed by atoms with Crippen molar-refractivity contribution in [3.05, 3.63) is 35.4 Å². The van der Waals surface area contributed by atoms with Gasteiger partial charge in [0.1, 0.15) is 0 Å². The molecule has 0 saturated heterocycles. The van der Waals surface area contributed by atoms with E-state index in [4.69, 9.17) is 0 Å². The predicted octanol–water partition coefficient (Wildman–Crippen LogP) is 4.44. The first-order valence-electron chi connectivity index (χ1n) is 6.76. The van der Waals surface area contributed by atoms with Gasteiger partial charge in [0, 0.05) is 6.04 Å². The second-order valence-electron chi connectivity index (χ2n) is 4.93. The van der Waals surface area contributed by atoms with E-state index < -0.39 is 11.6 Å². The van der Waals surface area contributed by atoms with Crippen molar-refractivity contribution in [2.75, 3.05) is 6.54 Å². The van der Waals surface area contributed by atoms with Crippen LogP contribution in [-0.2, 0) is 0 Å². The van der Waals surface area contributed by atoms with Crippen molar-refractivity contribution < 1.29 is 8.78 Å². The molecule has 2 atom stereocenters. The predicted molar refractivity (Wildman–Crippen MR) is 71.5 cm³/mol. The molecule has 0 aromatic heterocycles. The van der Waals surface area contributed by atoms with Crippen LogP contribution in [0, 0.1) is 17.6 Å². The topological polar surface area (TPSA) is 12.0 Å². The van der Waals surface area contributed by atoms with E-state index in [9.17, 15) is 8.78 Å². The molecule has 0 aliphatic heterocycles. The van der Waals surface area contributed by atoms with Crippen molar-refractivity contribution >= 4 is 0 Å². The summed E-state index contributed by atoms with van der Waals surface area (Å²) in [6.45, 7) is 7.31. The van der Waals surface area contributed by atoms with Crippen molar-refractivity contribution in [3.8, 4) is 0 Å². The van der Waals surface area contributed by atoms with Crippen LogP contribution in [-0.4, -0.2) is 6.54 Å². The van der Waals surface area contributed by atoms with Gasteiger partial charge in [-0.1, -0.05) is 33.3 Å². The summed E-state index contributed by atoms with van der Waals surface area (Å²) in [5.41, 5.74) is 0.836. The third kappa shape index (κ3) is 4.37. The number of halogens is 2. The summed E-state index contributed by atoms with van der Waals surface area (Å²) in [6, 6.07) is 4.30. The molecular weight excluding hydrogens is 232 g/mol. The Labute approximate surface area is 109 Å². The zero-order chi connectivity index (χ0) is 13.5. The molecule has 0 spiro atoms. The summed E-state index contributed by atoms with van der Waals surface area (Å²) in [7, 11) is 0. The summed E-state index contributed by atoms with van der Waals surface area (Å²) in [6.07, 6.45) is 3.07. The zero-order valence-corrected chi connectivity index (χ0v) is 11.5. The molecule has 1 N–H and O–H groups in total. The summed E-state index contributed by atoms with van der Waals surface area (Å²) >= 11 is 0. The molecule has 0 bridgehead atoms. The largest absolute Gasteiger partial charge is 0.310 e. The van der Waals surface area contributed by atoms with Crippen molar-refractivity contribution in [2.45, 2.75) is 46.1 Å². The summed E-state index contributed by atoms with van der Waals surface area (Å²) in [5, 5.41) is 3.41. The fraction of sp³-hybridized carbons (Fsp3) is 0.600. The Balaban J connectivity index is 2.82. The number of rotatable bonds is 7. The van der Waals surface area contributed by atoms with Gasteiger partial charge in [0.2, 0.25) is 0 Å². The number of benzene rings is 1. The molecule has 3 heteroatoms. The van der Waals surface area contributed by atoms with E-state index in [0.717, 1.165) is 31.4 Å². The van der Waals surface area contributed by atoms with Crippen LogP contribution in [0.5, 0.6) is 0 Å². The van der Waals surface area contributed by atoms with Gasteiger partial charge in [0.25, 0.3) is 0 Å². The van der Waals surface area contributed by atoms with E-state index in [-0.39, 0.29) is 6.04 Å². The van der Waals surface area contributed by atoms with Crippen LogP contribution >= 0.6 is 0 Å². The second-order valence-corrected chi connectivity index (χ2v) is 4.93. The molecule has 0 saturated carbocycles. The summed E-state index contributed by atoms with van der Waals surface area (Å²) in [4.78, 5) is 0. The lowest BCUT2D eigenvalue weighted by atomic mass is 9.94. The number of hydrogen-bond acceptors (Lipinski definition) is 1. The van der Waals surface area contributed by atoms with Gasteiger partial charge in [0.05, 0.1) is 0 Å². The van der Waals surface area contributed by atoms with E-state index in [1.807, 2.05) is 0 Å². The lowest BCUT2D eigenvalue weighted by Crippen LogP contribution is -2.24. The molecule has 0 radical (unpaired) electrons. The third-order valence-electron chi connectivity index (χ3n) is 3.32. The molecule has 18 heavy (non-hydrogen) atoms. The van der Waals surface area contributed by atoms with E-state index in [1.165, 1.54) is 12.1 Å². The van der Waals surface area contributed by atoms with Gasteiger partial charge >= 0.3 is 0 Å². The van der Waals surface area contributed by atoms with Crippen molar-refractivity contribution in [1.29, 1.82) is 0 Å². The Bertz CT molecular complexity index is 366. The van der Waals surface area contributed by atoms with Crippen molar-refractivity contribution in [3.63, 3.8) is 0 Å². The minimum Gasteiger partial charge on any atom is -0.310 e. The van der Waals surface area contributed by atoms with Crippen molar-refractivity contribution in [1.82, 2.24) is 5.32 Å². The van der Waals surface area contributed by atoms with Gasteiger partial charge in [-0.3, -0.25) is 0 Å². The lowest BCUT2D eigenvalue weighted by molar-refractivity contribution is 0.399. The van der Waals surface area contributed by atoms with Gasteiger partial charge in [-0.15, -0.1) is 0 Å². The Morgan fingerprint density at radius 3 is 2.44 bits per heavy atom. The number of nitrogens with one attached hydrogen (secondary N) is 1. The third-order valence-corrected chi connectivity index (χ3v) is 3.32. The maximum absolute atomic E-state index is 13.3. The minimum absolute atomic E-state index is 0.106. The first kappa shape index (κ1) is 15.1. The molecule has 0 aliphatic rings. The summed E-state index contributed by atoms with van der Waals surface area (Å²) in [5.74, 6) is -0.982.